The SMILES string of the molecule is COCC(C)N(C)c1nc(C(C)=O)cs1. The molecule has 1 aromatic rings. The topological polar surface area (TPSA) is 42.4 Å². The van der Waals surface area contributed by atoms with Gasteiger partial charge in [-0.05, 0) is 6.92 Å². The highest BCUT2D eigenvalue weighted by atomic mass is 32.1. The molecule has 5 heteroatoms. The number of carbonyl (C=O) groups is 1. The number of rotatable bonds is 5. The van der Waals surface area contributed by atoms with Crippen molar-refractivity contribution in [3.05, 3.63) is 11.1 Å². The van der Waals surface area contributed by atoms with E-state index >= 15 is 0 Å². The van der Waals surface area contributed by atoms with Gasteiger partial charge in [0.05, 0.1) is 12.6 Å². The predicted octanol–water partition coefficient (Wildman–Crippen LogP) is 1.82. The molecular formula is C10H16N2O2S. The summed E-state index contributed by atoms with van der Waals surface area (Å²) in [6.45, 7) is 4.22. The average molecular weight is 228 g/mol. The van der Waals surface area contributed by atoms with E-state index < -0.39 is 0 Å². The lowest BCUT2D eigenvalue weighted by Gasteiger charge is -2.23. The van der Waals surface area contributed by atoms with Gasteiger partial charge in [0, 0.05) is 26.5 Å². The normalized spacial score (nSPS) is 12.5. The summed E-state index contributed by atoms with van der Waals surface area (Å²) < 4.78 is 5.07. The van der Waals surface area contributed by atoms with Crippen LogP contribution in [-0.4, -0.2) is 37.6 Å². The Bertz CT molecular complexity index is 338. The highest BCUT2D eigenvalue weighted by molar-refractivity contribution is 7.13. The average Bonchev–Trinajstić information content (AvgIpc) is 2.65. The van der Waals surface area contributed by atoms with Crippen LogP contribution in [0.25, 0.3) is 0 Å². The van der Waals surface area contributed by atoms with Crippen molar-refractivity contribution in [3.8, 4) is 0 Å². The van der Waals surface area contributed by atoms with Gasteiger partial charge in [-0.2, -0.15) is 0 Å². The Morgan fingerprint density at radius 1 is 1.73 bits per heavy atom. The number of ether oxygens (including phenoxy) is 1. The first kappa shape index (κ1) is 12.1. The molecule has 0 bridgehead atoms. The van der Waals surface area contributed by atoms with Gasteiger partial charge in [-0.15, -0.1) is 11.3 Å². The quantitative estimate of drug-likeness (QED) is 0.721. The molecule has 0 aliphatic carbocycles. The van der Waals surface area contributed by atoms with E-state index in [9.17, 15) is 4.79 Å². The Kier molecular flexibility index (Phi) is 4.23. The molecule has 1 heterocycles. The van der Waals surface area contributed by atoms with Gasteiger partial charge in [0.25, 0.3) is 0 Å². The van der Waals surface area contributed by atoms with Crippen LogP contribution in [0.5, 0.6) is 0 Å². The van der Waals surface area contributed by atoms with E-state index in [0.717, 1.165) is 5.13 Å². The summed E-state index contributed by atoms with van der Waals surface area (Å²) in [6, 6.07) is 0.251. The lowest BCUT2D eigenvalue weighted by atomic mass is 10.3. The summed E-state index contributed by atoms with van der Waals surface area (Å²) in [5, 5.41) is 2.64. The molecule has 0 aromatic carbocycles. The van der Waals surface area contributed by atoms with Crippen LogP contribution in [0.4, 0.5) is 5.13 Å². The van der Waals surface area contributed by atoms with Crippen molar-refractivity contribution >= 4 is 22.3 Å². The Hall–Kier alpha value is -0.940. The number of methoxy groups -OCH3 is 1. The largest absolute Gasteiger partial charge is 0.383 e. The molecule has 0 aliphatic rings. The van der Waals surface area contributed by atoms with Crippen molar-refractivity contribution in [2.75, 3.05) is 25.7 Å². The second kappa shape index (κ2) is 5.23. The van der Waals surface area contributed by atoms with Gasteiger partial charge in [-0.3, -0.25) is 4.79 Å². The van der Waals surface area contributed by atoms with E-state index in [0.29, 0.717) is 12.3 Å². The van der Waals surface area contributed by atoms with Crippen LogP contribution in [0.15, 0.2) is 5.38 Å². The number of thiazole rings is 1. The lowest BCUT2D eigenvalue weighted by molar-refractivity contribution is 0.101. The Labute approximate surface area is 93.9 Å². The highest BCUT2D eigenvalue weighted by Gasteiger charge is 2.14. The zero-order valence-electron chi connectivity index (χ0n) is 9.48. The summed E-state index contributed by atoms with van der Waals surface area (Å²) in [6.07, 6.45) is 0. The third-order valence-electron chi connectivity index (χ3n) is 2.22. The number of ketones is 1. The molecule has 1 rings (SSSR count). The second-order valence-electron chi connectivity index (χ2n) is 3.49. The molecular weight excluding hydrogens is 212 g/mol. The summed E-state index contributed by atoms with van der Waals surface area (Å²) in [4.78, 5) is 17.3. The minimum absolute atomic E-state index is 0.00490. The molecule has 0 N–H and O–H groups in total. The Morgan fingerprint density at radius 3 is 2.87 bits per heavy atom. The number of likely N-dealkylation sites (N-methyl/N-ethyl adjacent to an activating group) is 1. The minimum Gasteiger partial charge on any atom is -0.383 e. The third kappa shape index (κ3) is 3.00. The fourth-order valence-corrected chi connectivity index (χ4v) is 2.06. The third-order valence-corrected chi connectivity index (χ3v) is 3.15. The second-order valence-corrected chi connectivity index (χ2v) is 4.32. The van der Waals surface area contributed by atoms with Crippen LogP contribution in [0.1, 0.15) is 24.3 Å². The molecule has 4 nitrogen and oxygen atoms in total. The van der Waals surface area contributed by atoms with Gasteiger partial charge in [-0.25, -0.2) is 4.98 Å². The standard InChI is InChI=1S/C10H16N2O2S/c1-7(5-14-4)12(3)10-11-9(6-15-10)8(2)13/h6-7H,5H2,1-4H3. The van der Waals surface area contributed by atoms with E-state index in [-0.39, 0.29) is 11.8 Å². The van der Waals surface area contributed by atoms with E-state index in [2.05, 4.69) is 11.9 Å². The molecule has 84 valence electrons. The summed E-state index contributed by atoms with van der Waals surface area (Å²) in [5.41, 5.74) is 0.534. The van der Waals surface area contributed by atoms with Crippen LogP contribution < -0.4 is 4.90 Å². The summed E-state index contributed by atoms with van der Waals surface area (Å²) in [5.74, 6) is 0.00490. The molecule has 0 fully saturated rings. The number of carbonyl (C=O) groups excluding carboxylic acids is 1. The Morgan fingerprint density at radius 2 is 2.40 bits per heavy atom. The van der Waals surface area contributed by atoms with Crippen molar-refractivity contribution in [2.45, 2.75) is 19.9 Å². The zero-order valence-corrected chi connectivity index (χ0v) is 10.3. The van der Waals surface area contributed by atoms with Crippen LogP contribution >= 0.6 is 11.3 Å². The number of anilines is 1. The Balaban J connectivity index is 2.73. The van der Waals surface area contributed by atoms with Crippen LogP contribution in [-0.2, 0) is 4.74 Å². The number of aromatic nitrogens is 1. The van der Waals surface area contributed by atoms with Crippen molar-refractivity contribution in [1.82, 2.24) is 4.98 Å². The van der Waals surface area contributed by atoms with Gasteiger partial charge in [0.15, 0.2) is 10.9 Å². The molecule has 1 atom stereocenters. The number of hydrogen-bond donors (Lipinski definition) is 0. The molecule has 0 spiro atoms. The predicted molar refractivity (Wildman–Crippen MR) is 61.9 cm³/mol. The maximum Gasteiger partial charge on any atom is 0.186 e. The number of nitrogens with zero attached hydrogens (tertiary/aromatic N) is 2. The summed E-state index contributed by atoms with van der Waals surface area (Å²) in [7, 11) is 3.62. The van der Waals surface area contributed by atoms with Crippen molar-refractivity contribution in [2.24, 2.45) is 0 Å². The number of Topliss-reactive ketones (excluding diaryl/α,β-unsaturated/α-hetero) is 1. The molecule has 1 unspecified atom stereocenters. The molecule has 0 saturated heterocycles. The van der Waals surface area contributed by atoms with Gasteiger partial charge in [-0.1, -0.05) is 0 Å². The first-order valence-corrected chi connectivity index (χ1v) is 5.62. The zero-order chi connectivity index (χ0) is 11.4. The van der Waals surface area contributed by atoms with Crippen LogP contribution in [0.3, 0.4) is 0 Å². The minimum atomic E-state index is 0.00490. The first-order chi connectivity index (χ1) is 7.06. The smallest absolute Gasteiger partial charge is 0.186 e. The fraction of sp³-hybridized carbons (Fsp3) is 0.600. The molecule has 0 saturated carbocycles. The van der Waals surface area contributed by atoms with E-state index in [1.54, 1.807) is 12.5 Å². The van der Waals surface area contributed by atoms with Gasteiger partial charge < -0.3 is 9.64 Å². The van der Waals surface area contributed by atoms with Gasteiger partial charge in [0.1, 0.15) is 5.69 Å². The molecule has 0 radical (unpaired) electrons. The molecule has 0 amide bonds. The van der Waals surface area contributed by atoms with Gasteiger partial charge in [0.2, 0.25) is 0 Å². The lowest BCUT2D eigenvalue weighted by Crippen LogP contribution is -2.32. The number of hydrogen-bond acceptors (Lipinski definition) is 5. The van der Waals surface area contributed by atoms with Crippen LogP contribution in [0, 0.1) is 0 Å². The maximum atomic E-state index is 11.1. The van der Waals surface area contributed by atoms with E-state index in [1.807, 2.05) is 11.9 Å². The molecule has 0 aliphatic heterocycles. The van der Waals surface area contributed by atoms with Gasteiger partial charge >= 0.3 is 0 Å². The van der Waals surface area contributed by atoms with E-state index in [4.69, 9.17) is 4.74 Å². The maximum absolute atomic E-state index is 11.1. The highest BCUT2D eigenvalue weighted by Crippen LogP contribution is 2.21. The monoisotopic (exact) mass is 228 g/mol. The van der Waals surface area contributed by atoms with Crippen LogP contribution in [0.2, 0.25) is 0 Å². The van der Waals surface area contributed by atoms with E-state index in [1.165, 1.54) is 18.3 Å². The first-order valence-electron chi connectivity index (χ1n) is 4.74. The summed E-state index contributed by atoms with van der Waals surface area (Å²) >= 11 is 1.48. The molecule has 1 aromatic heterocycles. The van der Waals surface area contributed by atoms with Crippen molar-refractivity contribution < 1.29 is 9.53 Å². The fourth-order valence-electron chi connectivity index (χ4n) is 1.13. The molecule has 15 heavy (non-hydrogen) atoms. The van der Waals surface area contributed by atoms with Crippen molar-refractivity contribution in [3.63, 3.8) is 0 Å². The van der Waals surface area contributed by atoms with Crippen molar-refractivity contribution in [1.29, 1.82) is 0 Å².